The third-order valence-electron chi connectivity index (χ3n) is 4.34. The number of nitrogens with zero attached hydrogens (tertiary/aromatic N) is 1. The lowest BCUT2D eigenvalue weighted by molar-refractivity contribution is -0.384. The normalized spacial score (nSPS) is 21.0. The number of nitrogens with one attached hydrogen (secondary N) is 1. The molecule has 0 heterocycles. The Bertz CT molecular complexity index is 534. The first-order valence-electron chi connectivity index (χ1n) is 7.60. The maximum absolute atomic E-state index is 10.8. The fraction of sp³-hybridized carbons (Fsp3) is 0.647. The molecule has 1 fully saturated rings. The molecule has 0 radical (unpaired) electrons. The van der Waals surface area contributed by atoms with Crippen molar-refractivity contribution in [2.24, 2.45) is 10.8 Å². The van der Waals surface area contributed by atoms with Crippen molar-refractivity contribution in [2.75, 3.05) is 5.32 Å². The summed E-state index contributed by atoms with van der Waals surface area (Å²) in [5, 5.41) is 14.4. The topological polar surface area (TPSA) is 55.2 Å². The van der Waals surface area contributed by atoms with Crippen molar-refractivity contribution in [2.45, 2.75) is 59.9 Å². The van der Waals surface area contributed by atoms with Crippen LogP contribution < -0.4 is 5.32 Å². The van der Waals surface area contributed by atoms with Crippen molar-refractivity contribution in [3.05, 3.63) is 33.9 Å². The highest BCUT2D eigenvalue weighted by Crippen LogP contribution is 2.46. The van der Waals surface area contributed by atoms with Crippen molar-refractivity contribution < 1.29 is 4.92 Å². The molecule has 2 rings (SSSR count). The van der Waals surface area contributed by atoms with Crippen LogP contribution in [0.4, 0.5) is 11.4 Å². The summed E-state index contributed by atoms with van der Waals surface area (Å²) < 4.78 is 0. The molecule has 4 heteroatoms. The Labute approximate surface area is 127 Å². The van der Waals surface area contributed by atoms with Crippen LogP contribution in [-0.4, -0.2) is 11.0 Å². The van der Waals surface area contributed by atoms with Crippen molar-refractivity contribution in [3.8, 4) is 0 Å². The SMILES string of the molecule is Cc1cc([N+](=O)[O-])ccc1NC1CC(C)(C)CC(C)(C)C1. The minimum atomic E-state index is -0.344. The highest BCUT2D eigenvalue weighted by atomic mass is 16.6. The van der Waals surface area contributed by atoms with Crippen LogP contribution in [0.5, 0.6) is 0 Å². The second kappa shape index (κ2) is 5.32. The number of nitro groups is 1. The van der Waals surface area contributed by atoms with Gasteiger partial charge in [-0.15, -0.1) is 0 Å². The molecule has 0 bridgehead atoms. The molecular formula is C17H26N2O2. The molecule has 0 unspecified atom stereocenters. The molecule has 1 saturated carbocycles. The smallest absolute Gasteiger partial charge is 0.269 e. The highest BCUT2D eigenvalue weighted by Gasteiger charge is 2.38. The quantitative estimate of drug-likeness (QED) is 0.635. The standard InChI is InChI=1S/C17H26N2O2/c1-12-8-14(19(20)21)6-7-15(12)18-13-9-16(2,3)11-17(4,5)10-13/h6-8,13,18H,9-11H2,1-5H3. The number of nitro benzene ring substituents is 1. The fourth-order valence-electron chi connectivity index (χ4n) is 4.09. The monoisotopic (exact) mass is 290 g/mol. The van der Waals surface area contributed by atoms with Crippen molar-refractivity contribution >= 4 is 11.4 Å². The molecule has 1 aromatic rings. The summed E-state index contributed by atoms with van der Waals surface area (Å²) in [5.41, 5.74) is 2.76. The molecule has 1 N–H and O–H groups in total. The summed E-state index contributed by atoms with van der Waals surface area (Å²) in [4.78, 5) is 10.5. The van der Waals surface area contributed by atoms with E-state index in [1.54, 1.807) is 12.1 Å². The van der Waals surface area contributed by atoms with Crippen LogP contribution in [0.2, 0.25) is 0 Å². The second-order valence-corrected chi connectivity index (χ2v) is 8.01. The molecule has 0 amide bonds. The van der Waals surface area contributed by atoms with E-state index >= 15 is 0 Å². The van der Waals surface area contributed by atoms with Gasteiger partial charge in [0.15, 0.2) is 0 Å². The van der Waals surface area contributed by atoms with Gasteiger partial charge >= 0.3 is 0 Å². The largest absolute Gasteiger partial charge is 0.382 e. The molecule has 116 valence electrons. The summed E-state index contributed by atoms with van der Waals surface area (Å²) >= 11 is 0. The van der Waals surface area contributed by atoms with Gasteiger partial charge in [-0.2, -0.15) is 0 Å². The molecule has 4 nitrogen and oxygen atoms in total. The van der Waals surface area contributed by atoms with Gasteiger partial charge in [0, 0.05) is 23.9 Å². The first kappa shape index (κ1) is 15.8. The summed E-state index contributed by atoms with van der Waals surface area (Å²) in [7, 11) is 0. The Morgan fingerprint density at radius 3 is 2.24 bits per heavy atom. The Kier molecular flexibility index (Phi) is 4.00. The van der Waals surface area contributed by atoms with Gasteiger partial charge in [-0.05, 0) is 48.6 Å². The predicted octanol–water partition coefficient (Wildman–Crippen LogP) is 4.92. The molecule has 0 aliphatic heterocycles. The van der Waals surface area contributed by atoms with Gasteiger partial charge in [-0.1, -0.05) is 27.7 Å². The van der Waals surface area contributed by atoms with E-state index in [-0.39, 0.29) is 10.6 Å². The van der Waals surface area contributed by atoms with Crippen LogP contribution in [-0.2, 0) is 0 Å². The molecule has 0 spiro atoms. The van der Waals surface area contributed by atoms with Crippen molar-refractivity contribution in [1.82, 2.24) is 0 Å². The highest BCUT2D eigenvalue weighted by molar-refractivity contribution is 5.56. The Balaban J connectivity index is 2.16. The zero-order valence-electron chi connectivity index (χ0n) is 13.7. The lowest BCUT2D eigenvalue weighted by atomic mass is 9.63. The average Bonchev–Trinajstić information content (AvgIpc) is 2.27. The third kappa shape index (κ3) is 3.96. The van der Waals surface area contributed by atoms with Crippen LogP contribution in [0.25, 0.3) is 0 Å². The van der Waals surface area contributed by atoms with Gasteiger partial charge < -0.3 is 5.32 Å². The van der Waals surface area contributed by atoms with Gasteiger partial charge in [0.1, 0.15) is 0 Å². The molecule has 0 aromatic heterocycles. The van der Waals surface area contributed by atoms with Crippen LogP contribution in [0, 0.1) is 27.9 Å². The zero-order chi connectivity index (χ0) is 15.8. The molecule has 21 heavy (non-hydrogen) atoms. The van der Waals surface area contributed by atoms with E-state index in [2.05, 4.69) is 33.0 Å². The van der Waals surface area contributed by atoms with Gasteiger partial charge in [0.05, 0.1) is 4.92 Å². The third-order valence-corrected chi connectivity index (χ3v) is 4.34. The Morgan fingerprint density at radius 2 is 1.76 bits per heavy atom. The maximum atomic E-state index is 10.8. The number of aryl methyl sites for hydroxylation is 1. The molecule has 1 aromatic carbocycles. The molecule has 1 aliphatic carbocycles. The van der Waals surface area contributed by atoms with Gasteiger partial charge in [0.25, 0.3) is 5.69 Å². The zero-order valence-corrected chi connectivity index (χ0v) is 13.7. The van der Waals surface area contributed by atoms with E-state index in [4.69, 9.17) is 0 Å². The molecule has 1 aliphatic rings. The van der Waals surface area contributed by atoms with E-state index in [0.717, 1.165) is 24.1 Å². The number of anilines is 1. The average molecular weight is 290 g/mol. The van der Waals surface area contributed by atoms with E-state index in [0.29, 0.717) is 16.9 Å². The summed E-state index contributed by atoms with van der Waals surface area (Å²) in [6.45, 7) is 11.2. The second-order valence-electron chi connectivity index (χ2n) is 8.01. The van der Waals surface area contributed by atoms with E-state index in [1.807, 2.05) is 13.0 Å². The van der Waals surface area contributed by atoms with Crippen LogP contribution in [0.15, 0.2) is 18.2 Å². The number of hydrogen-bond acceptors (Lipinski definition) is 3. The van der Waals surface area contributed by atoms with Crippen LogP contribution >= 0.6 is 0 Å². The molecular weight excluding hydrogens is 264 g/mol. The van der Waals surface area contributed by atoms with Gasteiger partial charge in [-0.3, -0.25) is 10.1 Å². The summed E-state index contributed by atoms with van der Waals surface area (Å²) in [6.07, 6.45) is 3.50. The van der Waals surface area contributed by atoms with Crippen LogP contribution in [0.1, 0.15) is 52.5 Å². The first-order valence-corrected chi connectivity index (χ1v) is 7.60. The van der Waals surface area contributed by atoms with E-state index in [1.165, 1.54) is 6.42 Å². The summed E-state index contributed by atoms with van der Waals surface area (Å²) in [5.74, 6) is 0. The first-order chi connectivity index (χ1) is 9.58. The van der Waals surface area contributed by atoms with E-state index in [9.17, 15) is 10.1 Å². The number of rotatable bonds is 3. The number of hydrogen-bond donors (Lipinski definition) is 1. The van der Waals surface area contributed by atoms with Gasteiger partial charge in [-0.25, -0.2) is 0 Å². The number of benzene rings is 1. The molecule has 0 saturated heterocycles. The van der Waals surface area contributed by atoms with Crippen molar-refractivity contribution in [1.29, 1.82) is 0 Å². The van der Waals surface area contributed by atoms with Gasteiger partial charge in [0.2, 0.25) is 0 Å². The Morgan fingerprint density at radius 1 is 1.19 bits per heavy atom. The van der Waals surface area contributed by atoms with Crippen molar-refractivity contribution in [3.63, 3.8) is 0 Å². The molecule has 0 atom stereocenters. The fourth-order valence-corrected chi connectivity index (χ4v) is 4.09. The maximum Gasteiger partial charge on any atom is 0.269 e. The summed E-state index contributed by atoms with van der Waals surface area (Å²) in [6, 6.07) is 5.47. The minimum absolute atomic E-state index is 0.155. The lowest BCUT2D eigenvalue weighted by Gasteiger charge is -2.45. The Hall–Kier alpha value is -1.58. The number of non-ortho nitro benzene ring substituents is 1. The lowest BCUT2D eigenvalue weighted by Crippen LogP contribution is -2.40. The minimum Gasteiger partial charge on any atom is -0.382 e. The van der Waals surface area contributed by atoms with Crippen LogP contribution in [0.3, 0.4) is 0 Å². The predicted molar refractivity (Wildman–Crippen MR) is 86.7 cm³/mol. The van der Waals surface area contributed by atoms with E-state index < -0.39 is 0 Å².